The highest BCUT2D eigenvalue weighted by atomic mass is 16.5. The molecule has 43 heavy (non-hydrogen) atoms. The minimum atomic E-state index is -0.298. The number of carbonyl (C=O) groups is 1. The molecule has 5 aromatic heterocycles. The van der Waals surface area contributed by atoms with Crippen LogP contribution in [0.3, 0.4) is 0 Å². The van der Waals surface area contributed by atoms with Crippen molar-refractivity contribution in [3.05, 3.63) is 72.7 Å². The first-order chi connectivity index (χ1) is 20.8. The van der Waals surface area contributed by atoms with Crippen molar-refractivity contribution < 1.29 is 9.53 Å². The lowest BCUT2D eigenvalue weighted by atomic mass is 9.97. The van der Waals surface area contributed by atoms with E-state index in [0.717, 1.165) is 48.4 Å². The van der Waals surface area contributed by atoms with Gasteiger partial charge in [-0.2, -0.15) is 15.5 Å². The van der Waals surface area contributed by atoms with Gasteiger partial charge in [0.15, 0.2) is 0 Å². The lowest BCUT2D eigenvalue weighted by Gasteiger charge is -2.28. The summed E-state index contributed by atoms with van der Waals surface area (Å²) in [5.41, 5.74) is 4.53. The van der Waals surface area contributed by atoms with E-state index < -0.39 is 0 Å². The smallest absolute Gasteiger partial charge is 0.270 e. The van der Waals surface area contributed by atoms with Gasteiger partial charge in [0.1, 0.15) is 17.6 Å². The summed E-state index contributed by atoms with van der Waals surface area (Å²) in [4.78, 5) is 29.1. The third kappa shape index (κ3) is 4.82. The minimum Gasteiger partial charge on any atom is -0.481 e. The zero-order valence-corrected chi connectivity index (χ0v) is 24.1. The topological polar surface area (TPSA) is 139 Å². The molecule has 12 nitrogen and oxygen atoms in total. The third-order valence-corrected chi connectivity index (χ3v) is 8.59. The van der Waals surface area contributed by atoms with Gasteiger partial charge in [-0.15, -0.1) is 0 Å². The number of nitrogens with one attached hydrogen (secondary N) is 1. The fraction of sp³-hybridized carbons (Fsp3) is 0.323. The summed E-state index contributed by atoms with van der Waals surface area (Å²) in [6.07, 6.45) is 12.5. The molecule has 1 N–H and O–H groups in total. The Hall–Kier alpha value is -5.31. The summed E-state index contributed by atoms with van der Waals surface area (Å²) in [6.45, 7) is 3.82. The zero-order valence-electron chi connectivity index (χ0n) is 24.1. The molecule has 216 valence electrons. The number of anilines is 1. The first kappa shape index (κ1) is 26.6. The highest BCUT2D eigenvalue weighted by molar-refractivity contribution is 5.93. The average Bonchev–Trinajstić information content (AvgIpc) is 3.79. The Morgan fingerprint density at radius 2 is 1.88 bits per heavy atom. The number of aryl methyl sites for hydroxylation is 1. The number of amides is 1. The lowest BCUT2D eigenvalue weighted by Crippen LogP contribution is -2.45. The number of rotatable bonds is 6. The second kappa shape index (κ2) is 10.2. The summed E-state index contributed by atoms with van der Waals surface area (Å²) < 4.78 is 8.63. The molecule has 2 fully saturated rings. The van der Waals surface area contributed by atoms with Crippen LogP contribution in [0.4, 0.5) is 5.82 Å². The molecule has 0 spiro atoms. The third-order valence-electron chi connectivity index (χ3n) is 8.59. The van der Waals surface area contributed by atoms with E-state index in [9.17, 15) is 10.1 Å². The van der Waals surface area contributed by atoms with Crippen molar-refractivity contribution in [2.24, 2.45) is 18.9 Å². The van der Waals surface area contributed by atoms with Gasteiger partial charge >= 0.3 is 0 Å². The number of pyridine rings is 2. The first-order valence-electron chi connectivity index (χ1n) is 14.1. The van der Waals surface area contributed by atoms with Gasteiger partial charge in [-0.1, -0.05) is 6.07 Å². The first-order valence-corrected chi connectivity index (χ1v) is 14.1. The standard InChI is InChI=1S/C31H30N10O2/c1-31(38-30(42)25-5-4-6-28(37-25)43-3)8-20-16-40(17-21(20)9-31)27-14-33-26(13-34-27)24-7-19(23-12-35-39(2)15-23)18-41-29(24)22(10-32)11-36-41/h4-7,11-15,18,20-21H,8-9,16-17H2,1-3H3,(H,38,42)/t20-,21+,31+. The maximum absolute atomic E-state index is 13.0. The minimum absolute atomic E-state index is 0.181. The van der Waals surface area contributed by atoms with Crippen molar-refractivity contribution in [3.63, 3.8) is 0 Å². The van der Waals surface area contributed by atoms with E-state index in [2.05, 4.69) is 38.4 Å². The van der Waals surface area contributed by atoms with Gasteiger partial charge in [0, 0.05) is 60.8 Å². The Bertz CT molecular complexity index is 1870. The van der Waals surface area contributed by atoms with Gasteiger partial charge in [-0.3, -0.25) is 14.5 Å². The molecule has 1 saturated heterocycles. The summed E-state index contributed by atoms with van der Waals surface area (Å²) in [5.74, 6) is 1.93. The molecule has 1 aliphatic carbocycles. The molecule has 0 radical (unpaired) electrons. The zero-order chi connectivity index (χ0) is 29.7. The van der Waals surface area contributed by atoms with Crippen molar-refractivity contribution in [2.45, 2.75) is 25.3 Å². The molecule has 1 aliphatic heterocycles. The Morgan fingerprint density at radius 1 is 1.07 bits per heavy atom. The van der Waals surface area contributed by atoms with E-state index in [1.807, 2.05) is 31.7 Å². The van der Waals surface area contributed by atoms with Gasteiger partial charge in [0.25, 0.3) is 5.91 Å². The molecule has 6 heterocycles. The summed E-state index contributed by atoms with van der Waals surface area (Å²) in [7, 11) is 3.41. The number of hydrogen-bond acceptors (Lipinski definition) is 9. The number of fused-ring (bicyclic) bond motifs is 2. The largest absolute Gasteiger partial charge is 0.481 e. The van der Waals surface area contributed by atoms with Gasteiger partial charge in [-0.05, 0) is 43.7 Å². The maximum atomic E-state index is 13.0. The van der Waals surface area contributed by atoms with Crippen molar-refractivity contribution in [1.29, 1.82) is 5.26 Å². The van der Waals surface area contributed by atoms with Crippen molar-refractivity contribution >= 4 is 17.2 Å². The number of aromatic nitrogens is 7. The molecule has 3 atom stereocenters. The SMILES string of the molecule is COc1cccc(C(=O)N[C@]2(C)C[C@H]3CN(c4cnc(-c5cc(-c6cnn(C)c6)cn6ncc(C#N)c56)cn4)C[C@H]3C2)n1. The number of ether oxygens (including phenoxy) is 1. The maximum Gasteiger partial charge on any atom is 0.270 e. The van der Waals surface area contributed by atoms with Crippen LogP contribution in [0.5, 0.6) is 5.88 Å². The van der Waals surface area contributed by atoms with Gasteiger partial charge < -0.3 is 15.0 Å². The Kier molecular flexibility index (Phi) is 6.30. The van der Waals surface area contributed by atoms with Gasteiger partial charge in [-0.25, -0.2) is 14.5 Å². The highest BCUT2D eigenvalue weighted by Crippen LogP contribution is 2.44. The van der Waals surface area contributed by atoms with Crippen molar-refractivity contribution in [3.8, 4) is 34.3 Å². The molecule has 1 amide bonds. The van der Waals surface area contributed by atoms with Crippen LogP contribution in [-0.4, -0.2) is 66.0 Å². The van der Waals surface area contributed by atoms with Crippen LogP contribution in [0.1, 0.15) is 35.8 Å². The quantitative estimate of drug-likeness (QED) is 0.323. The molecular formula is C31H30N10O2. The molecule has 1 saturated carbocycles. The number of carbonyl (C=O) groups excluding carboxylic acids is 1. The van der Waals surface area contributed by atoms with E-state index in [4.69, 9.17) is 14.7 Å². The van der Waals surface area contributed by atoms with Crippen LogP contribution in [0.15, 0.2) is 61.4 Å². The van der Waals surface area contributed by atoms with Crippen molar-refractivity contribution in [1.82, 2.24) is 39.7 Å². The molecule has 7 rings (SSSR count). The Labute approximate surface area is 248 Å². The number of methoxy groups -OCH3 is 1. The van der Waals surface area contributed by atoms with E-state index >= 15 is 0 Å². The molecule has 12 heteroatoms. The van der Waals surface area contributed by atoms with Crippen LogP contribution >= 0.6 is 0 Å². The molecular weight excluding hydrogens is 544 g/mol. The van der Waals surface area contributed by atoms with E-state index in [1.54, 1.807) is 46.0 Å². The Balaban J connectivity index is 1.08. The van der Waals surface area contributed by atoms with E-state index in [0.29, 0.717) is 40.2 Å². The van der Waals surface area contributed by atoms with Crippen LogP contribution in [0.25, 0.3) is 27.9 Å². The predicted octanol–water partition coefficient (Wildman–Crippen LogP) is 3.50. The van der Waals surface area contributed by atoms with Crippen LogP contribution < -0.4 is 15.0 Å². The fourth-order valence-electron chi connectivity index (χ4n) is 6.67. The van der Waals surface area contributed by atoms with Crippen LogP contribution in [0, 0.1) is 23.2 Å². The number of hydrogen-bond donors (Lipinski definition) is 1. The number of nitrogens with zero attached hydrogens (tertiary/aromatic N) is 9. The second-order valence-electron chi connectivity index (χ2n) is 11.7. The fourth-order valence-corrected chi connectivity index (χ4v) is 6.67. The van der Waals surface area contributed by atoms with Crippen LogP contribution in [0.2, 0.25) is 0 Å². The molecule has 2 aliphatic rings. The van der Waals surface area contributed by atoms with E-state index in [1.165, 1.54) is 7.11 Å². The predicted molar refractivity (Wildman–Crippen MR) is 158 cm³/mol. The normalized spacial score (nSPS) is 21.1. The summed E-state index contributed by atoms with van der Waals surface area (Å²) in [5, 5.41) is 21.7. The highest BCUT2D eigenvalue weighted by Gasteiger charge is 2.47. The second-order valence-corrected chi connectivity index (χ2v) is 11.7. The summed E-state index contributed by atoms with van der Waals surface area (Å²) >= 11 is 0. The lowest BCUT2D eigenvalue weighted by molar-refractivity contribution is 0.0898. The number of nitriles is 1. The van der Waals surface area contributed by atoms with E-state index in [-0.39, 0.29) is 11.4 Å². The molecule has 0 unspecified atom stereocenters. The summed E-state index contributed by atoms with van der Waals surface area (Å²) in [6, 6.07) is 9.45. The van der Waals surface area contributed by atoms with Gasteiger partial charge in [0.2, 0.25) is 5.88 Å². The monoisotopic (exact) mass is 574 g/mol. The van der Waals surface area contributed by atoms with Gasteiger partial charge in [0.05, 0.1) is 48.7 Å². The van der Waals surface area contributed by atoms with Crippen molar-refractivity contribution in [2.75, 3.05) is 25.1 Å². The molecule has 5 aromatic rings. The average molecular weight is 575 g/mol. The molecule has 0 aromatic carbocycles. The van der Waals surface area contributed by atoms with Crippen LogP contribution in [-0.2, 0) is 7.05 Å². The molecule has 0 bridgehead atoms. The Morgan fingerprint density at radius 3 is 2.56 bits per heavy atom.